The van der Waals surface area contributed by atoms with Gasteiger partial charge in [0.15, 0.2) is 9.84 Å². The molecule has 1 aromatic heterocycles. The summed E-state index contributed by atoms with van der Waals surface area (Å²) in [6.45, 7) is 6.06. The second-order valence-corrected chi connectivity index (χ2v) is 9.55. The summed E-state index contributed by atoms with van der Waals surface area (Å²) in [4.78, 5) is 8.91. The zero-order valence-electron chi connectivity index (χ0n) is 13.5. The average Bonchev–Trinajstić information content (AvgIpc) is 3.09. The highest BCUT2D eigenvalue weighted by atomic mass is 32.2. The lowest BCUT2D eigenvalue weighted by Gasteiger charge is -2.15. The molecule has 0 bridgehead atoms. The molecule has 3 rings (SSSR count). The standard InChI is InChI=1S/C16H24N2O3S/c1-11-6-13(18-15(17-11)7-12-4-5-12)10-22(19,20)14-8-16(2,3)21-9-14/h6,12,14H,4-5,7-10H2,1-3H3. The summed E-state index contributed by atoms with van der Waals surface area (Å²) in [6.07, 6.45) is 3.89. The second kappa shape index (κ2) is 5.57. The van der Waals surface area contributed by atoms with Crippen LogP contribution in [0.1, 0.15) is 50.3 Å². The highest BCUT2D eigenvalue weighted by molar-refractivity contribution is 7.91. The minimum Gasteiger partial charge on any atom is -0.374 e. The second-order valence-electron chi connectivity index (χ2n) is 7.27. The maximum atomic E-state index is 12.6. The first-order valence-corrected chi connectivity index (χ1v) is 9.64. The number of hydrogen-bond donors (Lipinski definition) is 0. The molecule has 0 N–H and O–H groups in total. The fraction of sp³-hybridized carbons (Fsp3) is 0.750. The van der Waals surface area contributed by atoms with E-state index in [1.54, 1.807) is 6.07 Å². The van der Waals surface area contributed by atoms with E-state index in [2.05, 4.69) is 9.97 Å². The predicted molar refractivity (Wildman–Crippen MR) is 84.3 cm³/mol. The maximum absolute atomic E-state index is 12.6. The summed E-state index contributed by atoms with van der Waals surface area (Å²) in [5.41, 5.74) is 1.11. The van der Waals surface area contributed by atoms with Crippen LogP contribution >= 0.6 is 0 Å². The van der Waals surface area contributed by atoms with Gasteiger partial charge in [-0.25, -0.2) is 18.4 Å². The quantitative estimate of drug-likeness (QED) is 0.830. The molecule has 6 heteroatoms. The first-order chi connectivity index (χ1) is 10.2. The summed E-state index contributed by atoms with van der Waals surface area (Å²) >= 11 is 0. The van der Waals surface area contributed by atoms with E-state index in [1.807, 2.05) is 20.8 Å². The Morgan fingerprint density at radius 1 is 1.32 bits per heavy atom. The third-order valence-electron chi connectivity index (χ3n) is 4.36. The van der Waals surface area contributed by atoms with Gasteiger partial charge in [0.1, 0.15) is 5.82 Å². The molecule has 1 aliphatic carbocycles. The fourth-order valence-electron chi connectivity index (χ4n) is 2.98. The van der Waals surface area contributed by atoms with Crippen LogP contribution in [-0.2, 0) is 26.7 Å². The van der Waals surface area contributed by atoms with Crippen molar-refractivity contribution >= 4 is 9.84 Å². The van der Waals surface area contributed by atoms with Gasteiger partial charge < -0.3 is 4.74 Å². The molecule has 22 heavy (non-hydrogen) atoms. The van der Waals surface area contributed by atoms with E-state index in [0.717, 1.165) is 17.9 Å². The number of aryl methyl sites for hydroxylation is 1. The van der Waals surface area contributed by atoms with Crippen molar-refractivity contribution in [3.05, 3.63) is 23.3 Å². The molecule has 1 saturated carbocycles. The van der Waals surface area contributed by atoms with E-state index in [0.29, 0.717) is 18.0 Å². The Bertz CT molecular complexity index is 666. The summed E-state index contributed by atoms with van der Waals surface area (Å²) in [5, 5.41) is -0.426. The first kappa shape index (κ1) is 15.9. The topological polar surface area (TPSA) is 69.2 Å². The SMILES string of the molecule is Cc1cc(CS(=O)(=O)C2COC(C)(C)C2)nc(CC2CC2)n1. The highest BCUT2D eigenvalue weighted by Crippen LogP contribution is 2.32. The van der Waals surface area contributed by atoms with Crippen LogP contribution in [0.5, 0.6) is 0 Å². The number of sulfone groups is 1. The van der Waals surface area contributed by atoms with E-state index in [9.17, 15) is 8.42 Å². The molecule has 0 spiro atoms. The summed E-state index contributed by atoms with van der Waals surface area (Å²) in [5.74, 6) is 1.46. The summed E-state index contributed by atoms with van der Waals surface area (Å²) in [7, 11) is -3.25. The van der Waals surface area contributed by atoms with E-state index in [4.69, 9.17) is 4.74 Å². The van der Waals surface area contributed by atoms with Gasteiger partial charge in [-0.05, 0) is 52.0 Å². The third kappa shape index (κ3) is 3.84. The third-order valence-corrected chi connectivity index (χ3v) is 6.37. The van der Waals surface area contributed by atoms with Gasteiger partial charge in [-0.1, -0.05) is 0 Å². The molecule has 122 valence electrons. The Kier molecular flexibility index (Phi) is 4.01. The fourth-order valence-corrected chi connectivity index (χ4v) is 4.71. The van der Waals surface area contributed by atoms with Gasteiger partial charge in [0.05, 0.1) is 28.9 Å². The molecule has 1 unspecified atom stereocenters. The normalized spacial score (nSPS) is 24.6. The van der Waals surface area contributed by atoms with E-state index >= 15 is 0 Å². The van der Waals surface area contributed by atoms with Crippen molar-refractivity contribution in [3.63, 3.8) is 0 Å². The minimum atomic E-state index is -3.25. The van der Waals surface area contributed by atoms with Crippen LogP contribution in [0.4, 0.5) is 0 Å². The van der Waals surface area contributed by atoms with Crippen molar-refractivity contribution in [1.82, 2.24) is 9.97 Å². The van der Waals surface area contributed by atoms with Crippen LogP contribution in [0.3, 0.4) is 0 Å². The van der Waals surface area contributed by atoms with Crippen molar-refractivity contribution in [1.29, 1.82) is 0 Å². The molecule has 1 aromatic rings. The lowest BCUT2D eigenvalue weighted by Crippen LogP contribution is -2.25. The molecule has 1 aliphatic heterocycles. The molecule has 0 radical (unpaired) electrons. The van der Waals surface area contributed by atoms with Crippen LogP contribution < -0.4 is 0 Å². The summed E-state index contributed by atoms with van der Waals surface area (Å²) in [6, 6.07) is 1.79. The lowest BCUT2D eigenvalue weighted by molar-refractivity contribution is 0.0368. The number of nitrogens with zero attached hydrogens (tertiary/aromatic N) is 2. The van der Waals surface area contributed by atoms with Crippen molar-refractivity contribution in [2.75, 3.05) is 6.61 Å². The predicted octanol–water partition coefficient (Wildman–Crippen LogP) is 2.22. The highest BCUT2D eigenvalue weighted by Gasteiger charge is 2.39. The van der Waals surface area contributed by atoms with Crippen LogP contribution in [0.25, 0.3) is 0 Å². The zero-order valence-corrected chi connectivity index (χ0v) is 14.3. The van der Waals surface area contributed by atoms with Crippen molar-refractivity contribution in [2.45, 2.75) is 63.1 Å². The molecule has 2 aliphatic rings. The van der Waals surface area contributed by atoms with Gasteiger partial charge in [0, 0.05) is 12.1 Å². The Balaban J connectivity index is 1.75. The van der Waals surface area contributed by atoms with E-state index in [-0.39, 0.29) is 18.0 Å². The van der Waals surface area contributed by atoms with Gasteiger partial charge in [-0.2, -0.15) is 0 Å². The van der Waals surface area contributed by atoms with Crippen LogP contribution in [0, 0.1) is 12.8 Å². The largest absolute Gasteiger partial charge is 0.374 e. The molecule has 1 saturated heterocycles. The lowest BCUT2D eigenvalue weighted by atomic mass is 10.1. The molecule has 5 nitrogen and oxygen atoms in total. The van der Waals surface area contributed by atoms with Gasteiger partial charge >= 0.3 is 0 Å². The number of hydrogen-bond acceptors (Lipinski definition) is 5. The number of rotatable bonds is 5. The molecule has 0 aromatic carbocycles. The van der Waals surface area contributed by atoms with Gasteiger partial charge in [0.2, 0.25) is 0 Å². The van der Waals surface area contributed by atoms with Gasteiger partial charge in [-0.15, -0.1) is 0 Å². The molecular formula is C16H24N2O3S. The number of ether oxygens (including phenoxy) is 1. The summed E-state index contributed by atoms with van der Waals surface area (Å²) < 4.78 is 30.8. The van der Waals surface area contributed by atoms with E-state index in [1.165, 1.54) is 12.8 Å². The molecule has 1 atom stereocenters. The average molecular weight is 324 g/mol. The maximum Gasteiger partial charge on any atom is 0.161 e. The number of aromatic nitrogens is 2. The molecular weight excluding hydrogens is 300 g/mol. The monoisotopic (exact) mass is 324 g/mol. The van der Waals surface area contributed by atoms with Crippen LogP contribution in [0.2, 0.25) is 0 Å². The first-order valence-electron chi connectivity index (χ1n) is 7.92. The van der Waals surface area contributed by atoms with Crippen LogP contribution in [-0.4, -0.2) is 35.8 Å². The van der Waals surface area contributed by atoms with Gasteiger partial charge in [0.25, 0.3) is 0 Å². The molecule has 2 heterocycles. The van der Waals surface area contributed by atoms with Crippen molar-refractivity contribution in [3.8, 4) is 0 Å². The zero-order chi connectivity index (χ0) is 16.0. The smallest absolute Gasteiger partial charge is 0.161 e. The van der Waals surface area contributed by atoms with Gasteiger partial charge in [-0.3, -0.25) is 0 Å². The Morgan fingerprint density at radius 3 is 2.64 bits per heavy atom. The minimum absolute atomic E-state index is 0.0157. The van der Waals surface area contributed by atoms with Crippen molar-refractivity contribution < 1.29 is 13.2 Å². The van der Waals surface area contributed by atoms with E-state index < -0.39 is 15.1 Å². The Morgan fingerprint density at radius 2 is 2.05 bits per heavy atom. The Labute approximate surface area is 132 Å². The van der Waals surface area contributed by atoms with Crippen molar-refractivity contribution in [2.24, 2.45) is 5.92 Å². The van der Waals surface area contributed by atoms with Crippen LogP contribution in [0.15, 0.2) is 6.07 Å². The Hall–Kier alpha value is -1.01. The molecule has 2 fully saturated rings. The molecule has 0 amide bonds.